The van der Waals surface area contributed by atoms with Gasteiger partial charge in [-0.3, -0.25) is 0 Å². The first-order chi connectivity index (χ1) is 6.77. The highest BCUT2D eigenvalue weighted by molar-refractivity contribution is 4.75. The summed E-state index contributed by atoms with van der Waals surface area (Å²) in [7, 11) is 2.19. The molecular weight excluding hydrogens is 176 g/mol. The monoisotopic (exact) mass is 200 g/mol. The Balaban J connectivity index is 2.25. The largest absolute Gasteiger partial charge is 0.380 e. The predicted octanol–water partition coefficient (Wildman–Crippen LogP) is 1.08. The third kappa shape index (κ3) is 3.56. The van der Waals surface area contributed by atoms with E-state index in [9.17, 15) is 0 Å². The molecule has 1 aliphatic rings. The summed E-state index contributed by atoms with van der Waals surface area (Å²) in [5.74, 6) is 0.658. The maximum atomic E-state index is 5.75. The summed E-state index contributed by atoms with van der Waals surface area (Å²) in [6.07, 6.45) is 3.66. The maximum Gasteiger partial charge on any atom is 0.0622 e. The van der Waals surface area contributed by atoms with E-state index in [0.717, 1.165) is 26.3 Å². The summed E-state index contributed by atoms with van der Waals surface area (Å²) < 4.78 is 5.38. The van der Waals surface area contributed by atoms with Crippen LogP contribution in [0.2, 0.25) is 0 Å². The van der Waals surface area contributed by atoms with Gasteiger partial charge in [0.05, 0.1) is 6.61 Å². The number of hydrogen-bond acceptors (Lipinski definition) is 3. The molecule has 0 spiro atoms. The quantitative estimate of drug-likeness (QED) is 0.697. The minimum atomic E-state index is 0.626. The zero-order valence-electron chi connectivity index (χ0n) is 9.54. The normalized spacial score (nSPS) is 24.4. The summed E-state index contributed by atoms with van der Waals surface area (Å²) in [5, 5.41) is 0. The molecule has 2 atom stereocenters. The maximum absolute atomic E-state index is 5.75. The van der Waals surface area contributed by atoms with E-state index in [-0.39, 0.29) is 0 Å². The molecule has 2 N–H and O–H groups in total. The Morgan fingerprint density at radius 1 is 1.57 bits per heavy atom. The Hall–Kier alpha value is -0.120. The van der Waals surface area contributed by atoms with E-state index >= 15 is 0 Å². The molecule has 0 saturated carbocycles. The molecular formula is C11H24N2O. The van der Waals surface area contributed by atoms with Gasteiger partial charge in [-0.05, 0) is 32.4 Å². The van der Waals surface area contributed by atoms with Crippen LogP contribution in [0.1, 0.15) is 26.2 Å². The van der Waals surface area contributed by atoms with Crippen molar-refractivity contribution in [2.75, 3.05) is 33.4 Å². The zero-order valence-corrected chi connectivity index (χ0v) is 9.54. The minimum Gasteiger partial charge on any atom is -0.380 e. The van der Waals surface area contributed by atoms with Gasteiger partial charge >= 0.3 is 0 Å². The van der Waals surface area contributed by atoms with E-state index in [0.29, 0.717) is 12.0 Å². The van der Waals surface area contributed by atoms with Crippen molar-refractivity contribution in [2.45, 2.75) is 32.2 Å². The number of rotatable bonds is 6. The fourth-order valence-corrected chi connectivity index (χ4v) is 2.12. The standard InChI is InChI=1S/C11H24N2O/c1-3-4-10(7-12)8-13(2)11-5-6-14-9-11/h10-11H,3-9,12H2,1-2H3. The van der Waals surface area contributed by atoms with Crippen molar-refractivity contribution in [3.05, 3.63) is 0 Å². The fourth-order valence-electron chi connectivity index (χ4n) is 2.12. The second-order valence-electron chi connectivity index (χ2n) is 4.35. The first kappa shape index (κ1) is 12.0. The van der Waals surface area contributed by atoms with Gasteiger partial charge in [0.2, 0.25) is 0 Å². The van der Waals surface area contributed by atoms with E-state index in [1.807, 2.05) is 0 Å². The first-order valence-electron chi connectivity index (χ1n) is 5.76. The highest BCUT2D eigenvalue weighted by Gasteiger charge is 2.21. The molecule has 0 aromatic carbocycles. The van der Waals surface area contributed by atoms with Crippen LogP contribution in [0.3, 0.4) is 0 Å². The lowest BCUT2D eigenvalue weighted by Crippen LogP contribution is -2.37. The van der Waals surface area contributed by atoms with Crippen molar-refractivity contribution in [1.29, 1.82) is 0 Å². The van der Waals surface area contributed by atoms with E-state index in [2.05, 4.69) is 18.9 Å². The predicted molar refractivity (Wildman–Crippen MR) is 59.3 cm³/mol. The van der Waals surface area contributed by atoms with Crippen molar-refractivity contribution in [3.8, 4) is 0 Å². The number of ether oxygens (including phenoxy) is 1. The topological polar surface area (TPSA) is 38.5 Å². The second-order valence-corrected chi connectivity index (χ2v) is 4.35. The molecule has 1 fully saturated rings. The average Bonchev–Trinajstić information content (AvgIpc) is 2.69. The zero-order chi connectivity index (χ0) is 10.4. The number of hydrogen-bond donors (Lipinski definition) is 1. The summed E-state index contributed by atoms with van der Waals surface area (Å²) in [5.41, 5.74) is 5.75. The van der Waals surface area contributed by atoms with Crippen molar-refractivity contribution in [2.24, 2.45) is 11.7 Å². The fraction of sp³-hybridized carbons (Fsp3) is 1.00. The van der Waals surface area contributed by atoms with Gasteiger partial charge in [-0.1, -0.05) is 13.3 Å². The van der Waals surface area contributed by atoms with Gasteiger partial charge in [0.15, 0.2) is 0 Å². The molecule has 2 unspecified atom stereocenters. The third-order valence-electron chi connectivity index (χ3n) is 3.11. The van der Waals surface area contributed by atoms with Crippen LogP contribution in [-0.2, 0) is 4.74 Å². The average molecular weight is 200 g/mol. The summed E-state index contributed by atoms with van der Waals surface area (Å²) in [4.78, 5) is 2.42. The molecule has 1 heterocycles. The van der Waals surface area contributed by atoms with Gasteiger partial charge in [0, 0.05) is 19.2 Å². The van der Waals surface area contributed by atoms with Gasteiger partial charge in [-0.15, -0.1) is 0 Å². The van der Waals surface area contributed by atoms with Gasteiger partial charge in [-0.2, -0.15) is 0 Å². The Kier molecular flexibility index (Phi) is 5.45. The van der Waals surface area contributed by atoms with E-state index in [1.54, 1.807) is 0 Å². The Morgan fingerprint density at radius 3 is 2.86 bits per heavy atom. The van der Waals surface area contributed by atoms with E-state index in [1.165, 1.54) is 19.3 Å². The third-order valence-corrected chi connectivity index (χ3v) is 3.11. The lowest BCUT2D eigenvalue weighted by atomic mass is 10.0. The number of nitrogens with zero attached hydrogens (tertiary/aromatic N) is 1. The van der Waals surface area contributed by atoms with E-state index in [4.69, 9.17) is 10.5 Å². The van der Waals surface area contributed by atoms with Crippen molar-refractivity contribution < 1.29 is 4.74 Å². The Labute approximate surface area is 87.6 Å². The first-order valence-corrected chi connectivity index (χ1v) is 5.76. The molecule has 3 nitrogen and oxygen atoms in total. The molecule has 3 heteroatoms. The lowest BCUT2D eigenvalue weighted by Gasteiger charge is -2.27. The SMILES string of the molecule is CCCC(CN)CN(C)C1CCOC1. The minimum absolute atomic E-state index is 0.626. The Morgan fingerprint density at radius 2 is 2.36 bits per heavy atom. The van der Waals surface area contributed by atoms with E-state index < -0.39 is 0 Å². The van der Waals surface area contributed by atoms with Crippen LogP contribution < -0.4 is 5.73 Å². The van der Waals surface area contributed by atoms with Crippen LogP contribution >= 0.6 is 0 Å². The molecule has 84 valence electrons. The molecule has 14 heavy (non-hydrogen) atoms. The molecule has 1 aliphatic heterocycles. The van der Waals surface area contributed by atoms with Gasteiger partial charge in [0.25, 0.3) is 0 Å². The smallest absolute Gasteiger partial charge is 0.0622 e. The Bertz CT molecular complexity index is 146. The van der Waals surface area contributed by atoms with Crippen LogP contribution in [0.4, 0.5) is 0 Å². The molecule has 0 radical (unpaired) electrons. The van der Waals surface area contributed by atoms with Crippen LogP contribution in [0.15, 0.2) is 0 Å². The molecule has 0 aromatic rings. The van der Waals surface area contributed by atoms with Gasteiger partial charge < -0.3 is 15.4 Å². The van der Waals surface area contributed by atoms with Crippen molar-refractivity contribution >= 4 is 0 Å². The number of nitrogens with two attached hydrogens (primary N) is 1. The molecule has 0 bridgehead atoms. The van der Waals surface area contributed by atoms with Gasteiger partial charge in [-0.25, -0.2) is 0 Å². The molecule has 1 saturated heterocycles. The number of likely N-dealkylation sites (N-methyl/N-ethyl adjacent to an activating group) is 1. The van der Waals surface area contributed by atoms with Crippen molar-refractivity contribution in [1.82, 2.24) is 4.90 Å². The summed E-state index contributed by atoms with van der Waals surface area (Å²) >= 11 is 0. The van der Waals surface area contributed by atoms with Crippen LogP contribution in [0.25, 0.3) is 0 Å². The second kappa shape index (κ2) is 6.38. The summed E-state index contributed by atoms with van der Waals surface area (Å²) in [6.45, 7) is 5.99. The van der Waals surface area contributed by atoms with Crippen LogP contribution in [0, 0.1) is 5.92 Å². The van der Waals surface area contributed by atoms with Crippen LogP contribution in [0.5, 0.6) is 0 Å². The molecule has 1 rings (SSSR count). The summed E-state index contributed by atoms with van der Waals surface area (Å²) in [6, 6.07) is 0.626. The molecule has 0 aliphatic carbocycles. The van der Waals surface area contributed by atoms with Gasteiger partial charge in [0.1, 0.15) is 0 Å². The highest BCUT2D eigenvalue weighted by Crippen LogP contribution is 2.14. The molecule has 0 aromatic heterocycles. The van der Waals surface area contributed by atoms with Crippen molar-refractivity contribution in [3.63, 3.8) is 0 Å². The van der Waals surface area contributed by atoms with Crippen LogP contribution in [-0.4, -0.2) is 44.3 Å². The highest BCUT2D eigenvalue weighted by atomic mass is 16.5. The molecule has 0 amide bonds. The lowest BCUT2D eigenvalue weighted by molar-refractivity contribution is 0.148.